The van der Waals surface area contributed by atoms with E-state index in [0.29, 0.717) is 0 Å². The highest BCUT2D eigenvalue weighted by Gasteiger charge is 2.36. The Labute approximate surface area is 143 Å². The minimum absolute atomic E-state index is 0.604. The highest BCUT2D eigenvalue weighted by molar-refractivity contribution is 7.43. The third-order valence-electron chi connectivity index (χ3n) is 2.59. The topological polar surface area (TPSA) is 151 Å². The summed E-state index contributed by atoms with van der Waals surface area (Å²) < 4.78 is 29.3. The van der Waals surface area contributed by atoms with Gasteiger partial charge in [-0.05, 0) is 0 Å². The van der Waals surface area contributed by atoms with E-state index in [2.05, 4.69) is 24.3 Å². The van der Waals surface area contributed by atoms with Crippen molar-refractivity contribution in [3.63, 3.8) is 0 Å². The van der Waals surface area contributed by atoms with E-state index in [1.165, 1.54) is 0 Å². The number of phosphoric acid groups is 1. The maximum Gasteiger partial charge on any atom is 0.330 e. The molecule has 0 aromatic carbocycles. The van der Waals surface area contributed by atoms with E-state index >= 15 is 0 Å². The Morgan fingerprint density at radius 1 is 0.800 bits per heavy atom. The fourth-order valence-corrected chi connectivity index (χ4v) is 1.75. The van der Waals surface area contributed by atoms with E-state index < -0.39 is 57.6 Å². The highest BCUT2D eigenvalue weighted by atomic mass is 31.2. The largest absolute Gasteiger partial charge is 0.790 e. The maximum absolute atomic E-state index is 11.2. The molecule has 0 amide bonds. The van der Waals surface area contributed by atoms with Crippen LogP contribution in [0.25, 0.3) is 0 Å². The molecule has 11 heteroatoms. The van der Waals surface area contributed by atoms with E-state index in [4.69, 9.17) is 14.2 Å². The van der Waals surface area contributed by atoms with Crippen LogP contribution in [0, 0.1) is 5.41 Å². The molecule has 10 nitrogen and oxygen atoms in total. The van der Waals surface area contributed by atoms with Crippen LogP contribution in [-0.4, -0.2) is 44.3 Å². The molecule has 0 N–H and O–H groups in total. The Kier molecular flexibility index (Phi) is 9.62. The molecular weight excluding hydrogens is 359 g/mol. The average molecular weight is 376 g/mol. The van der Waals surface area contributed by atoms with Gasteiger partial charge in [0, 0.05) is 18.2 Å². The van der Waals surface area contributed by atoms with Gasteiger partial charge in [-0.2, -0.15) is 0 Å². The lowest BCUT2D eigenvalue weighted by atomic mass is 9.92. The number of rotatable bonds is 12. The van der Waals surface area contributed by atoms with Crippen LogP contribution >= 0.6 is 7.82 Å². The first-order chi connectivity index (χ1) is 11.6. The first-order valence-corrected chi connectivity index (χ1v) is 8.08. The van der Waals surface area contributed by atoms with Crippen LogP contribution in [0.4, 0.5) is 0 Å². The number of esters is 3. The molecule has 0 radical (unpaired) electrons. The molecular formula is C14H17O10P-2. The van der Waals surface area contributed by atoms with Gasteiger partial charge in [-0.25, -0.2) is 14.4 Å². The lowest BCUT2D eigenvalue weighted by Gasteiger charge is -2.36. The Morgan fingerprint density at radius 3 is 1.36 bits per heavy atom. The summed E-state index contributed by atoms with van der Waals surface area (Å²) >= 11 is 0. The molecule has 0 aliphatic rings. The average Bonchev–Trinajstić information content (AvgIpc) is 2.58. The van der Waals surface area contributed by atoms with Crippen molar-refractivity contribution in [2.45, 2.75) is 0 Å². The molecule has 0 rings (SSSR count). The summed E-state index contributed by atoms with van der Waals surface area (Å²) in [5, 5.41) is 0. The van der Waals surface area contributed by atoms with Gasteiger partial charge in [-0.15, -0.1) is 0 Å². The van der Waals surface area contributed by atoms with Gasteiger partial charge < -0.3 is 33.1 Å². The van der Waals surface area contributed by atoms with E-state index in [1.807, 2.05) is 0 Å². The van der Waals surface area contributed by atoms with Gasteiger partial charge in [0.2, 0.25) is 0 Å². The summed E-state index contributed by atoms with van der Waals surface area (Å²) in [4.78, 5) is 55.2. The zero-order valence-electron chi connectivity index (χ0n) is 13.2. The lowest BCUT2D eigenvalue weighted by molar-refractivity contribution is -0.343. The molecule has 0 aromatic rings. The van der Waals surface area contributed by atoms with Gasteiger partial charge in [0.15, 0.2) is 0 Å². The lowest BCUT2D eigenvalue weighted by Crippen LogP contribution is -2.43. The Balaban J connectivity index is 5.41. The summed E-state index contributed by atoms with van der Waals surface area (Å²) in [6.45, 7) is 6.83. The number of phosphoric ester groups is 1. The van der Waals surface area contributed by atoms with Crippen LogP contribution in [-0.2, 0) is 37.7 Å². The fraction of sp³-hybridized carbons (Fsp3) is 0.357. The Hall–Kier alpha value is -2.26. The van der Waals surface area contributed by atoms with E-state index in [1.54, 1.807) is 0 Å². The van der Waals surface area contributed by atoms with Gasteiger partial charge in [-0.3, -0.25) is 0 Å². The molecule has 0 saturated heterocycles. The summed E-state index contributed by atoms with van der Waals surface area (Å²) in [6.07, 6.45) is 2.47. The smallest absolute Gasteiger partial charge is 0.330 e. The van der Waals surface area contributed by atoms with Crippen molar-refractivity contribution >= 4 is 25.7 Å². The Bertz CT molecular complexity index is 516. The van der Waals surface area contributed by atoms with Gasteiger partial charge in [0.05, 0.1) is 19.8 Å². The second kappa shape index (κ2) is 10.6. The zero-order valence-corrected chi connectivity index (χ0v) is 14.1. The number of ether oxygens (including phenoxy) is 3. The molecule has 0 aliphatic carbocycles. The number of hydrogen-bond acceptors (Lipinski definition) is 10. The van der Waals surface area contributed by atoms with Crippen LogP contribution < -0.4 is 9.79 Å². The van der Waals surface area contributed by atoms with Crippen LogP contribution in [0.5, 0.6) is 0 Å². The number of carbonyl (C=O) groups is 3. The normalized spacial score (nSPS) is 11.1. The van der Waals surface area contributed by atoms with Crippen molar-refractivity contribution in [3.05, 3.63) is 38.0 Å². The van der Waals surface area contributed by atoms with Crippen molar-refractivity contribution in [3.8, 4) is 0 Å². The van der Waals surface area contributed by atoms with Crippen molar-refractivity contribution in [1.82, 2.24) is 0 Å². The zero-order chi connectivity index (χ0) is 19.5. The predicted molar refractivity (Wildman–Crippen MR) is 79.5 cm³/mol. The first kappa shape index (κ1) is 22.7. The van der Waals surface area contributed by atoms with Crippen LogP contribution in [0.3, 0.4) is 0 Å². The third-order valence-corrected chi connectivity index (χ3v) is 3.04. The monoisotopic (exact) mass is 376 g/mol. The molecule has 0 atom stereocenters. The van der Waals surface area contributed by atoms with Crippen molar-refractivity contribution in [1.29, 1.82) is 0 Å². The molecule has 140 valence electrons. The van der Waals surface area contributed by atoms with Crippen LogP contribution in [0.1, 0.15) is 0 Å². The van der Waals surface area contributed by atoms with Gasteiger partial charge in [0.25, 0.3) is 0 Å². The summed E-state index contributed by atoms with van der Waals surface area (Å²) in [6, 6.07) is 0. The molecule has 0 aromatic heterocycles. The summed E-state index contributed by atoms with van der Waals surface area (Å²) in [5.74, 6) is -2.66. The third kappa shape index (κ3) is 10.3. The second-order valence-corrected chi connectivity index (χ2v) is 5.81. The van der Waals surface area contributed by atoms with Crippen LogP contribution in [0.15, 0.2) is 38.0 Å². The number of carbonyl (C=O) groups excluding carboxylic acids is 3. The van der Waals surface area contributed by atoms with Crippen molar-refractivity contribution in [2.75, 3.05) is 26.4 Å². The van der Waals surface area contributed by atoms with Crippen LogP contribution in [0.2, 0.25) is 0 Å². The highest BCUT2D eigenvalue weighted by Crippen LogP contribution is 2.31. The van der Waals surface area contributed by atoms with Gasteiger partial charge in [-0.1, -0.05) is 19.7 Å². The number of hydrogen-bond donors (Lipinski definition) is 0. The molecule has 0 spiro atoms. The van der Waals surface area contributed by atoms with Gasteiger partial charge in [0.1, 0.15) is 19.8 Å². The minimum atomic E-state index is -5.41. The summed E-state index contributed by atoms with van der Waals surface area (Å²) in [5.41, 5.74) is -1.67. The Morgan fingerprint density at radius 2 is 1.12 bits per heavy atom. The standard InChI is InChI=1S/C14H19O10P/c1-4-11(15)21-7-14(8-22-12(16)5-2,9-23-13(17)6-3)10-24-25(18,19)20/h4-6H,1-3,7-10H2,(H2,18,19,20)/p-2. The van der Waals surface area contributed by atoms with E-state index in [9.17, 15) is 28.7 Å². The molecule has 25 heavy (non-hydrogen) atoms. The maximum atomic E-state index is 11.2. The SMILES string of the molecule is C=CC(=O)OCC(COC(=O)C=C)(COC(=O)C=C)COP(=O)([O-])[O-]. The van der Waals surface area contributed by atoms with E-state index in [-0.39, 0.29) is 0 Å². The minimum Gasteiger partial charge on any atom is -0.790 e. The predicted octanol–water partition coefficient (Wildman–Crippen LogP) is -0.994. The first-order valence-electron chi connectivity index (χ1n) is 6.61. The molecule has 0 aliphatic heterocycles. The van der Waals surface area contributed by atoms with Gasteiger partial charge >= 0.3 is 17.9 Å². The molecule has 0 unspecified atom stereocenters. The molecule has 0 fully saturated rings. The summed E-state index contributed by atoms with van der Waals surface area (Å²) in [7, 11) is -5.41. The quantitative estimate of drug-likeness (QED) is 0.179. The second-order valence-electron chi connectivity index (χ2n) is 4.66. The van der Waals surface area contributed by atoms with Crippen molar-refractivity contribution in [2.24, 2.45) is 5.41 Å². The molecule has 0 bridgehead atoms. The molecule has 0 saturated carbocycles. The fourth-order valence-electron chi connectivity index (χ4n) is 1.32. The van der Waals surface area contributed by atoms with E-state index in [0.717, 1.165) is 18.2 Å². The van der Waals surface area contributed by atoms with Crippen molar-refractivity contribution < 1.29 is 47.5 Å². The molecule has 0 heterocycles.